The van der Waals surface area contributed by atoms with Crippen molar-refractivity contribution >= 4 is 11.9 Å². The third-order valence-electron chi connectivity index (χ3n) is 2.41. The molecule has 1 aromatic heterocycles. The summed E-state index contributed by atoms with van der Waals surface area (Å²) in [5.41, 5.74) is 1.06. The van der Waals surface area contributed by atoms with Crippen LogP contribution < -0.4 is 10.6 Å². The van der Waals surface area contributed by atoms with Crippen LogP contribution in [0, 0.1) is 0 Å². The number of carbonyl (C=O) groups excluding carboxylic acids is 1. The first-order valence-electron chi connectivity index (χ1n) is 5.41. The molecule has 0 saturated heterocycles. The van der Waals surface area contributed by atoms with Gasteiger partial charge in [0.2, 0.25) is 5.88 Å². The van der Waals surface area contributed by atoms with E-state index in [0.29, 0.717) is 5.88 Å². The fraction of sp³-hybridized carbons (Fsp3) is 0.154. The van der Waals surface area contributed by atoms with E-state index in [1.165, 1.54) is 6.26 Å². The fourth-order valence-electron chi connectivity index (χ4n) is 1.52. The summed E-state index contributed by atoms with van der Waals surface area (Å²) < 4.78 is 5.02. The maximum Gasteiger partial charge on any atom is 0.322 e. The van der Waals surface area contributed by atoms with E-state index in [4.69, 9.17) is 4.42 Å². The van der Waals surface area contributed by atoms with Crippen molar-refractivity contribution in [3.63, 3.8) is 0 Å². The van der Waals surface area contributed by atoms with E-state index >= 15 is 0 Å². The Hall–Kier alpha value is -2.23. The van der Waals surface area contributed by atoms with Gasteiger partial charge in [-0.15, -0.1) is 0 Å². The second kappa shape index (κ2) is 5.21. The molecule has 0 spiro atoms. The number of anilines is 1. The minimum atomic E-state index is -0.281. The van der Waals surface area contributed by atoms with E-state index in [1.807, 2.05) is 37.3 Å². The molecule has 17 heavy (non-hydrogen) atoms. The van der Waals surface area contributed by atoms with Crippen molar-refractivity contribution in [2.45, 2.75) is 13.0 Å². The van der Waals surface area contributed by atoms with Crippen molar-refractivity contribution in [3.05, 3.63) is 54.3 Å². The standard InChI is InChI=1S/C13H14N2O2/c1-10(11-6-3-2-4-7-11)14-13(16)15-12-8-5-9-17-12/h2-10H,1H3,(H2,14,15,16). The first-order chi connectivity index (χ1) is 8.25. The van der Waals surface area contributed by atoms with Crippen molar-refractivity contribution in [3.8, 4) is 0 Å². The van der Waals surface area contributed by atoms with Crippen molar-refractivity contribution in [2.24, 2.45) is 0 Å². The van der Waals surface area contributed by atoms with Gasteiger partial charge in [-0.1, -0.05) is 30.3 Å². The number of rotatable bonds is 3. The Morgan fingerprint density at radius 1 is 1.18 bits per heavy atom. The first-order valence-corrected chi connectivity index (χ1v) is 5.41. The summed E-state index contributed by atoms with van der Waals surface area (Å²) in [6.07, 6.45) is 1.51. The second-order valence-corrected chi connectivity index (χ2v) is 3.71. The zero-order valence-corrected chi connectivity index (χ0v) is 9.51. The minimum absolute atomic E-state index is 0.0498. The number of carbonyl (C=O) groups is 1. The van der Waals surface area contributed by atoms with Crippen molar-refractivity contribution in [1.82, 2.24) is 5.32 Å². The van der Waals surface area contributed by atoms with Crippen LogP contribution in [0.15, 0.2) is 53.1 Å². The van der Waals surface area contributed by atoms with E-state index in [-0.39, 0.29) is 12.1 Å². The summed E-state index contributed by atoms with van der Waals surface area (Å²) in [6, 6.07) is 12.8. The van der Waals surface area contributed by atoms with Crippen LogP contribution in [0.5, 0.6) is 0 Å². The average molecular weight is 230 g/mol. The number of benzene rings is 1. The maximum atomic E-state index is 11.6. The molecule has 2 rings (SSSR count). The van der Waals surface area contributed by atoms with Crippen LogP contribution in [0.25, 0.3) is 0 Å². The van der Waals surface area contributed by atoms with E-state index < -0.39 is 0 Å². The summed E-state index contributed by atoms with van der Waals surface area (Å²) >= 11 is 0. The topological polar surface area (TPSA) is 54.3 Å². The number of amides is 2. The summed E-state index contributed by atoms with van der Waals surface area (Å²) in [5, 5.41) is 5.43. The molecule has 1 aromatic carbocycles. The first kappa shape index (κ1) is 11.3. The molecule has 2 aromatic rings. The highest BCUT2D eigenvalue weighted by molar-refractivity contribution is 5.88. The van der Waals surface area contributed by atoms with Gasteiger partial charge in [0.1, 0.15) is 0 Å². The van der Waals surface area contributed by atoms with Gasteiger partial charge in [-0.05, 0) is 18.6 Å². The molecule has 88 valence electrons. The van der Waals surface area contributed by atoms with Crippen molar-refractivity contribution < 1.29 is 9.21 Å². The fourth-order valence-corrected chi connectivity index (χ4v) is 1.52. The zero-order valence-electron chi connectivity index (χ0n) is 9.51. The molecule has 4 heteroatoms. The van der Waals surface area contributed by atoms with Gasteiger partial charge in [0.15, 0.2) is 0 Å². The Bertz CT molecular complexity index is 465. The number of furan rings is 1. The molecule has 0 saturated carbocycles. The molecule has 2 amide bonds. The van der Waals surface area contributed by atoms with Crippen LogP contribution in [0.1, 0.15) is 18.5 Å². The third kappa shape index (κ3) is 3.11. The van der Waals surface area contributed by atoms with Gasteiger partial charge >= 0.3 is 6.03 Å². The Morgan fingerprint density at radius 2 is 1.94 bits per heavy atom. The van der Waals surface area contributed by atoms with Gasteiger partial charge in [-0.3, -0.25) is 5.32 Å². The summed E-state index contributed by atoms with van der Waals surface area (Å²) in [7, 11) is 0. The van der Waals surface area contributed by atoms with Gasteiger partial charge in [-0.25, -0.2) is 4.79 Å². The Balaban J connectivity index is 1.91. The van der Waals surface area contributed by atoms with Crippen molar-refractivity contribution in [1.29, 1.82) is 0 Å². The molecule has 0 aliphatic rings. The monoisotopic (exact) mass is 230 g/mol. The summed E-state index contributed by atoms with van der Waals surface area (Å²) in [4.78, 5) is 11.6. The van der Waals surface area contributed by atoms with Crippen LogP contribution in [0.3, 0.4) is 0 Å². The smallest absolute Gasteiger partial charge is 0.322 e. The SMILES string of the molecule is CC(NC(=O)Nc1ccco1)c1ccccc1. The third-order valence-corrected chi connectivity index (χ3v) is 2.41. The van der Waals surface area contributed by atoms with E-state index in [1.54, 1.807) is 12.1 Å². The zero-order chi connectivity index (χ0) is 12.1. The van der Waals surface area contributed by atoms with E-state index in [0.717, 1.165) is 5.56 Å². The lowest BCUT2D eigenvalue weighted by atomic mass is 10.1. The molecule has 1 atom stereocenters. The van der Waals surface area contributed by atoms with Crippen LogP contribution in [-0.4, -0.2) is 6.03 Å². The predicted molar refractivity (Wildman–Crippen MR) is 65.7 cm³/mol. The predicted octanol–water partition coefficient (Wildman–Crippen LogP) is 3.16. The highest BCUT2D eigenvalue weighted by Crippen LogP contribution is 2.12. The lowest BCUT2D eigenvalue weighted by Crippen LogP contribution is -2.30. The van der Waals surface area contributed by atoms with Crippen LogP contribution >= 0.6 is 0 Å². The molecule has 0 fully saturated rings. The maximum absolute atomic E-state index is 11.6. The van der Waals surface area contributed by atoms with Gasteiger partial charge in [0.05, 0.1) is 12.3 Å². The lowest BCUT2D eigenvalue weighted by molar-refractivity contribution is 0.249. The summed E-state index contributed by atoms with van der Waals surface area (Å²) in [5.74, 6) is 0.433. The Kier molecular flexibility index (Phi) is 3.45. The number of hydrogen-bond acceptors (Lipinski definition) is 2. The van der Waals surface area contributed by atoms with Crippen molar-refractivity contribution in [2.75, 3.05) is 5.32 Å². The minimum Gasteiger partial charge on any atom is -0.449 e. The average Bonchev–Trinajstić information content (AvgIpc) is 2.82. The number of nitrogens with one attached hydrogen (secondary N) is 2. The van der Waals surface area contributed by atoms with Crippen LogP contribution in [-0.2, 0) is 0 Å². The van der Waals surface area contributed by atoms with Gasteiger partial charge in [-0.2, -0.15) is 0 Å². The molecule has 0 aliphatic heterocycles. The largest absolute Gasteiger partial charge is 0.449 e. The molecule has 0 aliphatic carbocycles. The van der Waals surface area contributed by atoms with E-state index in [2.05, 4.69) is 10.6 Å². The molecular formula is C13H14N2O2. The molecule has 2 N–H and O–H groups in total. The molecule has 4 nitrogen and oxygen atoms in total. The van der Waals surface area contributed by atoms with Crippen LogP contribution in [0.4, 0.5) is 10.7 Å². The Morgan fingerprint density at radius 3 is 2.59 bits per heavy atom. The molecular weight excluding hydrogens is 216 g/mol. The van der Waals surface area contributed by atoms with Gasteiger partial charge in [0, 0.05) is 6.07 Å². The second-order valence-electron chi connectivity index (χ2n) is 3.71. The highest BCUT2D eigenvalue weighted by atomic mass is 16.3. The highest BCUT2D eigenvalue weighted by Gasteiger charge is 2.09. The molecule has 0 bridgehead atoms. The summed E-state index contributed by atoms with van der Waals surface area (Å²) in [6.45, 7) is 1.93. The van der Waals surface area contributed by atoms with Gasteiger partial charge in [0.25, 0.3) is 0 Å². The number of urea groups is 1. The quantitative estimate of drug-likeness (QED) is 0.850. The molecule has 1 heterocycles. The molecule has 0 radical (unpaired) electrons. The van der Waals surface area contributed by atoms with E-state index in [9.17, 15) is 4.79 Å². The van der Waals surface area contributed by atoms with Crippen LogP contribution in [0.2, 0.25) is 0 Å². The number of hydrogen-bond donors (Lipinski definition) is 2. The Labute approximate surface area is 99.6 Å². The molecule has 1 unspecified atom stereocenters. The normalized spacial score (nSPS) is 11.8. The lowest BCUT2D eigenvalue weighted by Gasteiger charge is -2.13. The van der Waals surface area contributed by atoms with Gasteiger partial charge < -0.3 is 9.73 Å².